The third-order valence-corrected chi connectivity index (χ3v) is 5.95. The molecule has 0 spiro atoms. The van der Waals surface area contributed by atoms with E-state index in [2.05, 4.69) is 26.0 Å². The predicted octanol–water partition coefficient (Wildman–Crippen LogP) is 2.93. The second-order valence-corrected chi connectivity index (χ2v) is 8.71. The lowest BCUT2D eigenvalue weighted by atomic mass is 10.1. The molecule has 1 aliphatic rings. The summed E-state index contributed by atoms with van der Waals surface area (Å²) in [5.41, 5.74) is 2.76. The Morgan fingerprint density at radius 1 is 1.16 bits per heavy atom. The standard InChI is InChI=1S/C26H23FN6O4/c1-14-3-6-17(7-4-14)15(2)30-26(36)21-10-20(32-24-18(27)12-29-33(21)24)25(35)28-11-16-5-8-22-19(9-16)31-23(34)13-37-22/h3-10,12,15H,11,13H2,1-2H3,(H,28,35)(H,30,36)(H,31,34)/t15-/m0/s1. The van der Waals surface area contributed by atoms with Crippen molar-refractivity contribution in [3.05, 3.63) is 88.6 Å². The first-order valence-electron chi connectivity index (χ1n) is 11.5. The van der Waals surface area contributed by atoms with E-state index in [0.717, 1.165) is 21.8 Å². The molecule has 5 rings (SSSR count). The van der Waals surface area contributed by atoms with Gasteiger partial charge in [-0.1, -0.05) is 35.9 Å². The van der Waals surface area contributed by atoms with Crippen molar-refractivity contribution in [2.45, 2.75) is 26.4 Å². The summed E-state index contributed by atoms with van der Waals surface area (Å²) in [4.78, 5) is 41.7. The summed E-state index contributed by atoms with van der Waals surface area (Å²) in [6.45, 7) is 3.84. The maximum atomic E-state index is 14.4. The highest BCUT2D eigenvalue weighted by Crippen LogP contribution is 2.28. The molecule has 0 radical (unpaired) electrons. The SMILES string of the molecule is Cc1ccc([C@H](C)NC(=O)c2cc(C(=O)NCc3ccc4c(c3)NC(=O)CO4)nc3c(F)cnn23)cc1. The Bertz CT molecular complexity index is 1530. The van der Waals surface area contributed by atoms with Crippen LogP contribution in [0, 0.1) is 12.7 Å². The van der Waals surface area contributed by atoms with Crippen LogP contribution >= 0.6 is 0 Å². The third kappa shape index (κ3) is 4.96. The number of carbonyl (C=O) groups excluding carboxylic acids is 3. The minimum atomic E-state index is -0.763. The Balaban J connectivity index is 1.36. The first-order chi connectivity index (χ1) is 17.8. The van der Waals surface area contributed by atoms with Gasteiger partial charge in [0.15, 0.2) is 18.1 Å². The van der Waals surface area contributed by atoms with Crippen molar-refractivity contribution < 1.29 is 23.5 Å². The second kappa shape index (κ2) is 9.69. The molecule has 188 valence electrons. The number of aryl methyl sites for hydroxylation is 1. The smallest absolute Gasteiger partial charge is 0.270 e. The molecule has 3 N–H and O–H groups in total. The largest absolute Gasteiger partial charge is 0.482 e. The van der Waals surface area contributed by atoms with Crippen molar-refractivity contribution in [1.82, 2.24) is 25.2 Å². The number of amides is 3. The molecule has 1 aliphatic heterocycles. The fraction of sp³-hybridized carbons (Fsp3) is 0.192. The summed E-state index contributed by atoms with van der Waals surface area (Å²) in [6.07, 6.45) is 0.938. The van der Waals surface area contributed by atoms with E-state index in [1.165, 1.54) is 6.07 Å². The van der Waals surface area contributed by atoms with E-state index in [0.29, 0.717) is 17.0 Å². The minimum absolute atomic E-state index is 0.0355. The maximum absolute atomic E-state index is 14.4. The van der Waals surface area contributed by atoms with E-state index >= 15 is 0 Å². The van der Waals surface area contributed by atoms with Gasteiger partial charge in [-0.05, 0) is 37.1 Å². The number of carbonyl (C=O) groups is 3. The van der Waals surface area contributed by atoms with Crippen molar-refractivity contribution in [1.29, 1.82) is 0 Å². The molecule has 3 amide bonds. The summed E-state index contributed by atoms with van der Waals surface area (Å²) in [7, 11) is 0. The van der Waals surface area contributed by atoms with Crippen LogP contribution in [-0.4, -0.2) is 38.9 Å². The number of rotatable bonds is 6. The summed E-state index contributed by atoms with van der Waals surface area (Å²) >= 11 is 0. The Morgan fingerprint density at radius 2 is 1.95 bits per heavy atom. The van der Waals surface area contributed by atoms with Gasteiger partial charge in [0.1, 0.15) is 17.1 Å². The zero-order valence-electron chi connectivity index (χ0n) is 20.0. The molecule has 4 aromatic rings. The van der Waals surface area contributed by atoms with Crippen LogP contribution < -0.4 is 20.7 Å². The highest BCUT2D eigenvalue weighted by atomic mass is 19.1. The number of anilines is 1. The van der Waals surface area contributed by atoms with Crippen LogP contribution in [0.15, 0.2) is 54.7 Å². The number of fused-ring (bicyclic) bond motifs is 2. The zero-order chi connectivity index (χ0) is 26.1. The molecule has 2 aromatic carbocycles. The first-order valence-corrected chi connectivity index (χ1v) is 11.5. The van der Waals surface area contributed by atoms with Crippen molar-refractivity contribution in [2.75, 3.05) is 11.9 Å². The number of nitrogens with zero attached hydrogens (tertiary/aromatic N) is 3. The average molecular weight is 503 g/mol. The van der Waals surface area contributed by atoms with E-state index in [4.69, 9.17) is 4.74 Å². The number of hydrogen-bond donors (Lipinski definition) is 3. The monoisotopic (exact) mass is 502 g/mol. The van der Waals surface area contributed by atoms with Crippen molar-refractivity contribution in [2.24, 2.45) is 0 Å². The fourth-order valence-electron chi connectivity index (χ4n) is 3.94. The van der Waals surface area contributed by atoms with Gasteiger partial charge in [-0.15, -0.1) is 0 Å². The van der Waals surface area contributed by atoms with Gasteiger partial charge >= 0.3 is 0 Å². The highest BCUT2D eigenvalue weighted by Gasteiger charge is 2.22. The lowest BCUT2D eigenvalue weighted by Gasteiger charge is -2.18. The van der Waals surface area contributed by atoms with Crippen LogP contribution in [0.1, 0.15) is 50.6 Å². The van der Waals surface area contributed by atoms with Gasteiger partial charge in [0.25, 0.3) is 17.7 Å². The minimum Gasteiger partial charge on any atom is -0.482 e. The van der Waals surface area contributed by atoms with Gasteiger partial charge in [0, 0.05) is 12.6 Å². The van der Waals surface area contributed by atoms with Crippen molar-refractivity contribution in [3.8, 4) is 5.75 Å². The second-order valence-electron chi connectivity index (χ2n) is 8.71. The van der Waals surface area contributed by atoms with Crippen molar-refractivity contribution in [3.63, 3.8) is 0 Å². The first kappa shape index (κ1) is 23.9. The molecule has 0 bridgehead atoms. The molecule has 0 aliphatic carbocycles. The summed E-state index contributed by atoms with van der Waals surface area (Å²) in [5.74, 6) is -1.64. The molecule has 37 heavy (non-hydrogen) atoms. The van der Waals surface area contributed by atoms with Gasteiger partial charge in [-0.25, -0.2) is 13.9 Å². The molecule has 0 saturated carbocycles. The van der Waals surface area contributed by atoms with Crippen molar-refractivity contribution >= 4 is 29.1 Å². The van der Waals surface area contributed by atoms with Crippen LogP contribution in [0.2, 0.25) is 0 Å². The van der Waals surface area contributed by atoms with Crippen LogP contribution in [0.5, 0.6) is 5.75 Å². The van der Waals surface area contributed by atoms with E-state index < -0.39 is 17.6 Å². The predicted molar refractivity (Wildman–Crippen MR) is 132 cm³/mol. The summed E-state index contributed by atoms with van der Waals surface area (Å²) in [6, 6.07) is 13.8. The van der Waals surface area contributed by atoms with Gasteiger partial charge in [-0.3, -0.25) is 14.4 Å². The van der Waals surface area contributed by atoms with Crippen LogP contribution in [0.3, 0.4) is 0 Å². The molecule has 0 saturated heterocycles. The van der Waals surface area contributed by atoms with E-state index in [1.807, 2.05) is 38.1 Å². The normalized spacial score (nSPS) is 13.3. The van der Waals surface area contributed by atoms with E-state index in [-0.39, 0.29) is 42.1 Å². The topological polar surface area (TPSA) is 127 Å². The Kier molecular flexibility index (Phi) is 6.26. The molecular formula is C26H23FN6O4. The number of aromatic nitrogens is 3. The summed E-state index contributed by atoms with van der Waals surface area (Å²) in [5, 5.41) is 12.2. The molecule has 3 heterocycles. The average Bonchev–Trinajstić information content (AvgIpc) is 3.27. The molecule has 0 unspecified atom stereocenters. The lowest BCUT2D eigenvalue weighted by molar-refractivity contribution is -0.118. The zero-order valence-corrected chi connectivity index (χ0v) is 20.0. The molecule has 10 nitrogen and oxygen atoms in total. The van der Waals surface area contributed by atoms with Gasteiger partial charge in [0.05, 0.1) is 17.9 Å². The number of nitrogens with one attached hydrogen (secondary N) is 3. The van der Waals surface area contributed by atoms with Crippen LogP contribution in [0.4, 0.5) is 10.1 Å². The number of benzene rings is 2. The highest BCUT2D eigenvalue weighted by molar-refractivity contribution is 5.98. The Labute approximate surface area is 210 Å². The number of hydrogen-bond acceptors (Lipinski definition) is 6. The molecular weight excluding hydrogens is 479 g/mol. The maximum Gasteiger partial charge on any atom is 0.270 e. The molecule has 0 fully saturated rings. The van der Waals surface area contributed by atoms with E-state index in [1.54, 1.807) is 18.2 Å². The molecule has 1 atom stereocenters. The summed E-state index contributed by atoms with van der Waals surface area (Å²) < 4.78 is 20.8. The number of halogens is 1. The third-order valence-electron chi connectivity index (χ3n) is 5.95. The van der Waals surface area contributed by atoms with E-state index in [9.17, 15) is 18.8 Å². The number of ether oxygens (including phenoxy) is 1. The Morgan fingerprint density at radius 3 is 2.73 bits per heavy atom. The van der Waals surface area contributed by atoms with Gasteiger partial charge in [-0.2, -0.15) is 5.10 Å². The molecule has 2 aromatic heterocycles. The lowest BCUT2D eigenvalue weighted by Crippen LogP contribution is -2.30. The van der Waals surface area contributed by atoms with Crippen LogP contribution in [0.25, 0.3) is 5.65 Å². The fourth-order valence-corrected chi connectivity index (χ4v) is 3.94. The van der Waals surface area contributed by atoms with Gasteiger partial charge in [0.2, 0.25) is 0 Å². The quantitative estimate of drug-likeness (QED) is 0.372. The Hall–Kier alpha value is -4.80. The van der Waals surface area contributed by atoms with Crippen LogP contribution in [-0.2, 0) is 11.3 Å². The molecule has 11 heteroatoms. The van der Waals surface area contributed by atoms with Gasteiger partial charge < -0.3 is 20.7 Å².